The Morgan fingerprint density at radius 2 is 1.81 bits per heavy atom. The molecule has 154 valence electrons. The Balaban J connectivity index is 1.39. The highest BCUT2D eigenvalue weighted by atomic mass is 32.1. The molecular weight excluding hydrogens is 408 g/mol. The van der Waals surface area contributed by atoms with Crippen LogP contribution in [-0.2, 0) is 22.6 Å². The fourth-order valence-electron chi connectivity index (χ4n) is 3.23. The maximum absolute atomic E-state index is 12.4. The van der Waals surface area contributed by atoms with Gasteiger partial charge in [-0.3, -0.25) is 4.79 Å². The van der Waals surface area contributed by atoms with Crippen molar-refractivity contribution in [3.05, 3.63) is 95.0 Å². The van der Waals surface area contributed by atoms with Crippen LogP contribution in [0.5, 0.6) is 0 Å². The number of thiazole rings is 1. The van der Waals surface area contributed by atoms with Gasteiger partial charge >= 0.3 is 5.97 Å². The maximum Gasteiger partial charge on any atom is 0.328 e. The Labute approximate surface area is 183 Å². The molecule has 0 spiro atoms. The van der Waals surface area contributed by atoms with Gasteiger partial charge in [-0.05, 0) is 46.5 Å². The third kappa shape index (κ3) is 5.43. The average molecular weight is 429 g/mol. The van der Waals surface area contributed by atoms with Crippen LogP contribution in [0.4, 0.5) is 0 Å². The number of benzene rings is 3. The van der Waals surface area contributed by atoms with E-state index in [1.807, 2.05) is 54.6 Å². The summed E-state index contributed by atoms with van der Waals surface area (Å²) in [6.45, 7) is 0.372. The first-order valence-corrected chi connectivity index (χ1v) is 10.6. The number of carboxylic acids is 1. The van der Waals surface area contributed by atoms with Crippen LogP contribution in [0.25, 0.3) is 27.4 Å². The minimum atomic E-state index is -0.995. The number of carbonyl (C=O) groups is 2. The summed E-state index contributed by atoms with van der Waals surface area (Å²) in [6.07, 6.45) is 2.84. The molecule has 1 amide bonds. The smallest absolute Gasteiger partial charge is 0.328 e. The summed E-state index contributed by atoms with van der Waals surface area (Å²) in [6, 6.07) is 23.7. The number of rotatable bonds is 7. The third-order valence-corrected chi connectivity index (χ3v) is 5.73. The van der Waals surface area contributed by atoms with Crippen molar-refractivity contribution in [3.8, 4) is 11.1 Å². The predicted molar refractivity (Wildman–Crippen MR) is 124 cm³/mol. The molecule has 5 nitrogen and oxygen atoms in total. The van der Waals surface area contributed by atoms with Crippen LogP contribution < -0.4 is 5.32 Å². The second-order valence-electron chi connectivity index (χ2n) is 7.03. The summed E-state index contributed by atoms with van der Waals surface area (Å²) in [5.74, 6) is -1.10. The molecule has 3 aromatic carbocycles. The van der Waals surface area contributed by atoms with Crippen molar-refractivity contribution in [2.24, 2.45) is 0 Å². The van der Waals surface area contributed by atoms with Crippen molar-refractivity contribution >= 4 is 39.5 Å². The van der Waals surface area contributed by atoms with E-state index in [-0.39, 0.29) is 12.3 Å². The minimum Gasteiger partial charge on any atom is -0.478 e. The Morgan fingerprint density at radius 3 is 2.61 bits per heavy atom. The van der Waals surface area contributed by atoms with Gasteiger partial charge in [-0.1, -0.05) is 54.6 Å². The molecule has 1 heterocycles. The van der Waals surface area contributed by atoms with E-state index >= 15 is 0 Å². The van der Waals surface area contributed by atoms with Crippen molar-refractivity contribution in [2.75, 3.05) is 0 Å². The molecule has 6 heteroatoms. The number of carboxylic acid groups (broad SMARTS) is 1. The molecule has 1 aromatic heterocycles. The van der Waals surface area contributed by atoms with Crippen molar-refractivity contribution in [1.82, 2.24) is 10.3 Å². The van der Waals surface area contributed by atoms with E-state index in [0.717, 1.165) is 43.6 Å². The monoisotopic (exact) mass is 428 g/mol. The number of aromatic nitrogens is 1. The summed E-state index contributed by atoms with van der Waals surface area (Å²) in [5.41, 5.74) is 4.85. The number of hydrogen-bond acceptors (Lipinski definition) is 4. The zero-order valence-electron chi connectivity index (χ0n) is 16.6. The van der Waals surface area contributed by atoms with E-state index < -0.39 is 5.97 Å². The first-order chi connectivity index (χ1) is 15.1. The lowest BCUT2D eigenvalue weighted by atomic mass is 10.1. The summed E-state index contributed by atoms with van der Waals surface area (Å²) in [4.78, 5) is 27.7. The molecule has 4 aromatic rings. The van der Waals surface area contributed by atoms with Crippen molar-refractivity contribution in [2.45, 2.75) is 13.0 Å². The highest BCUT2D eigenvalue weighted by Gasteiger charge is 2.10. The Morgan fingerprint density at radius 1 is 0.968 bits per heavy atom. The fourth-order valence-corrected chi connectivity index (χ4v) is 4.24. The van der Waals surface area contributed by atoms with Crippen molar-refractivity contribution < 1.29 is 14.7 Å². The molecule has 0 aliphatic rings. The zero-order valence-corrected chi connectivity index (χ0v) is 17.4. The van der Waals surface area contributed by atoms with Crippen LogP contribution in [0.1, 0.15) is 16.1 Å². The molecule has 0 aliphatic heterocycles. The third-order valence-electron chi connectivity index (χ3n) is 4.71. The highest BCUT2D eigenvalue weighted by molar-refractivity contribution is 7.18. The summed E-state index contributed by atoms with van der Waals surface area (Å²) < 4.78 is 1.06. The molecule has 0 fully saturated rings. The lowest BCUT2D eigenvalue weighted by molar-refractivity contribution is -0.131. The number of carbonyl (C=O) groups excluding carboxylic acids is 1. The molecule has 2 N–H and O–H groups in total. The highest BCUT2D eigenvalue weighted by Crippen LogP contribution is 2.28. The lowest BCUT2D eigenvalue weighted by Crippen LogP contribution is -2.24. The minimum absolute atomic E-state index is 0.103. The Kier molecular flexibility index (Phi) is 6.19. The van der Waals surface area contributed by atoms with E-state index in [1.165, 1.54) is 17.4 Å². The second kappa shape index (κ2) is 9.36. The average Bonchev–Trinajstić information content (AvgIpc) is 3.18. The van der Waals surface area contributed by atoms with Crippen LogP contribution >= 0.6 is 11.3 Å². The quantitative estimate of drug-likeness (QED) is 0.410. The number of aliphatic carboxylic acids is 1. The van der Waals surface area contributed by atoms with Crippen LogP contribution in [0.3, 0.4) is 0 Å². The van der Waals surface area contributed by atoms with Crippen LogP contribution in [0, 0.1) is 0 Å². The maximum atomic E-state index is 12.4. The molecule has 0 aliphatic carbocycles. The van der Waals surface area contributed by atoms with Gasteiger partial charge in [0.15, 0.2) is 0 Å². The van der Waals surface area contributed by atoms with E-state index in [1.54, 1.807) is 0 Å². The molecule has 31 heavy (non-hydrogen) atoms. The largest absolute Gasteiger partial charge is 0.478 e. The molecule has 4 rings (SSSR count). The molecule has 0 saturated carbocycles. The molecule has 0 atom stereocenters. The normalized spacial score (nSPS) is 11.1. The topological polar surface area (TPSA) is 79.3 Å². The van der Waals surface area contributed by atoms with Crippen molar-refractivity contribution in [3.63, 3.8) is 0 Å². The van der Waals surface area contributed by atoms with Gasteiger partial charge in [0.2, 0.25) is 5.91 Å². The van der Waals surface area contributed by atoms with Gasteiger partial charge in [-0.15, -0.1) is 11.3 Å². The fraction of sp³-hybridized carbons (Fsp3) is 0.0800. The van der Waals surface area contributed by atoms with Crippen molar-refractivity contribution in [1.29, 1.82) is 0 Å². The van der Waals surface area contributed by atoms with Gasteiger partial charge < -0.3 is 10.4 Å². The number of fused-ring (bicyclic) bond motifs is 1. The second-order valence-corrected chi connectivity index (χ2v) is 8.14. The summed E-state index contributed by atoms with van der Waals surface area (Å²) in [7, 11) is 0. The van der Waals surface area contributed by atoms with Gasteiger partial charge in [0.25, 0.3) is 0 Å². The van der Waals surface area contributed by atoms with Crippen LogP contribution in [-0.4, -0.2) is 22.0 Å². The van der Waals surface area contributed by atoms with Gasteiger partial charge in [-0.25, -0.2) is 9.78 Å². The van der Waals surface area contributed by atoms with Crippen LogP contribution in [0.15, 0.2) is 78.9 Å². The van der Waals surface area contributed by atoms with Gasteiger partial charge in [0, 0.05) is 12.6 Å². The van der Waals surface area contributed by atoms with E-state index in [9.17, 15) is 9.59 Å². The lowest BCUT2D eigenvalue weighted by Gasteiger charge is -2.05. The molecule has 0 saturated heterocycles. The van der Waals surface area contributed by atoms with Gasteiger partial charge in [-0.2, -0.15) is 0 Å². The zero-order chi connectivity index (χ0) is 21.6. The summed E-state index contributed by atoms with van der Waals surface area (Å²) >= 11 is 1.53. The summed E-state index contributed by atoms with van der Waals surface area (Å²) in [5, 5.41) is 12.4. The van der Waals surface area contributed by atoms with E-state index in [2.05, 4.69) is 28.5 Å². The first kappa shape index (κ1) is 20.5. The van der Waals surface area contributed by atoms with Crippen LogP contribution in [0.2, 0.25) is 0 Å². The first-order valence-electron chi connectivity index (χ1n) is 9.78. The Bertz CT molecular complexity index is 1260. The number of nitrogens with zero attached hydrogens (tertiary/aromatic N) is 1. The number of amides is 1. The molecule has 0 radical (unpaired) electrons. The van der Waals surface area contributed by atoms with Gasteiger partial charge in [0.05, 0.1) is 16.6 Å². The van der Waals surface area contributed by atoms with Gasteiger partial charge in [0.1, 0.15) is 5.01 Å². The molecular formula is C25H20N2O3S. The Hall–Kier alpha value is -3.77. The standard InChI is InChI=1S/C25H20N2O3S/c28-23(26-16-18-6-4-5-17(13-18)9-12-25(29)30)15-24-27-21-11-10-20(14-22(21)31-24)19-7-2-1-3-8-19/h1-14H,15-16H2,(H,26,28)(H,29,30). The predicted octanol–water partition coefficient (Wildman–Crippen LogP) is 4.92. The number of nitrogens with one attached hydrogen (secondary N) is 1. The van der Waals surface area contributed by atoms with E-state index in [0.29, 0.717) is 6.54 Å². The molecule has 0 unspecified atom stereocenters. The molecule has 0 bridgehead atoms. The number of hydrogen-bond donors (Lipinski definition) is 2. The van der Waals surface area contributed by atoms with E-state index in [4.69, 9.17) is 5.11 Å². The SMILES string of the molecule is O=C(O)C=Cc1cccc(CNC(=O)Cc2nc3ccc(-c4ccccc4)cc3s2)c1.